The first-order valence-electron chi connectivity index (χ1n) is 7.25. The number of ketones is 1. The van der Waals surface area contributed by atoms with Gasteiger partial charge in [0.25, 0.3) is 0 Å². The number of imidazole rings is 1. The highest BCUT2D eigenvalue weighted by atomic mass is 35.5. The first-order valence-corrected chi connectivity index (χ1v) is 7.63. The Labute approximate surface area is 143 Å². The van der Waals surface area contributed by atoms with Gasteiger partial charge in [-0.3, -0.25) is 9.36 Å². The SMILES string of the molecule is Cc1cnc(CO)n1-c1ccc(F)cc1C(=O)c1ccc(Cl)cc1. The number of aliphatic hydroxyl groups is 1. The molecule has 24 heavy (non-hydrogen) atoms. The Morgan fingerprint density at radius 2 is 1.96 bits per heavy atom. The number of carbonyl (C=O) groups is 1. The minimum Gasteiger partial charge on any atom is -0.388 e. The molecule has 4 nitrogen and oxygen atoms in total. The van der Waals surface area contributed by atoms with Crippen molar-refractivity contribution in [1.29, 1.82) is 0 Å². The first kappa shape index (κ1) is 16.4. The van der Waals surface area contributed by atoms with Crippen molar-refractivity contribution in [2.45, 2.75) is 13.5 Å². The van der Waals surface area contributed by atoms with Crippen LogP contribution in [-0.2, 0) is 6.61 Å². The van der Waals surface area contributed by atoms with E-state index in [0.717, 1.165) is 5.69 Å². The van der Waals surface area contributed by atoms with E-state index in [1.165, 1.54) is 18.2 Å². The normalized spacial score (nSPS) is 10.8. The zero-order valence-corrected chi connectivity index (χ0v) is 13.6. The maximum atomic E-state index is 13.8. The molecule has 0 spiro atoms. The third-order valence-corrected chi connectivity index (χ3v) is 3.96. The Balaban J connectivity index is 2.17. The highest BCUT2D eigenvalue weighted by Crippen LogP contribution is 2.24. The van der Waals surface area contributed by atoms with E-state index in [2.05, 4.69) is 4.98 Å². The maximum Gasteiger partial charge on any atom is 0.195 e. The number of rotatable bonds is 4. The van der Waals surface area contributed by atoms with Gasteiger partial charge in [-0.2, -0.15) is 0 Å². The minimum atomic E-state index is -0.514. The molecule has 0 atom stereocenters. The molecule has 0 aliphatic heterocycles. The van der Waals surface area contributed by atoms with E-state index in [1.807, 2.05) is 0 Å². The molecule has 2 aromatic carbocycles. The summed E-state index contributed by atoms with van der Waals surface area (Å²) in [6.07, 6.45) is 1.59. The Bertz CT molecular complexity index is 904. The van der Waals surface area contributed by atoms with Crippen molar-refractivity contribution >= 4 is 17.4 Å². The van der Waals surface area contributed by atoms with Crippen LogP contribution in [0.1, 0.15) is 27.4 Å². The molecule has 3 aromatic rings. The number of hydrogen-bond donors (Lipinski definition) is 1. The number of benzene rings is 2. The van der Waals surface area contributed by atoms with Crippen LogP contribution < -0.4 is 0 Å². The molecule has 0 unspecified atom stereocenters. The van der Waals surface area contributed by atoms with Gasteiger partial charge in [0.2, 0.25) is 0 Å². The van der Waals surface area contributed by atoms with Crippen LogP contribution in [0.5, 0.6) is 0 Å². The lowest BCUT2D eigenvalue weighted by Crippen LogP contribution is -2.11. The van der Waals surface area contributed by atoms with Crippen LogP contribution in [0.25, 0.3) is 5.69 Å². The van der Waals surface area contributed by atoms with E-state index in [-0.39, 0.29) is 18.0 Å². The molecule has 1 N–H and O–H groups in total. The van der Waals surface area contributed by atoms with E-state index in [4.69, 9.17) is 11.6 Å². The molecular weight excluding hydrogens is 331 g/mol. The van der Waals surface area contributed by atoms with Gasteiger partial charge >= 0.3 is 0 Å². The number of aromatic nitrogens is 2. The zero-order chi connectivity index (χ0) is 17.3. The molecule has 122 valence electrons. The van der Waals surface area contributed by atoms with Gasteiger partial charge in [0.05, 0.1) is 5.69 Å². The number of aliphatic hydroxyl groups excluding tert-OH is 1. The van der Waals surface area contributed by atoms with Gasteiger partial charge in [0.15, 0.2) is 5.78 Å². The minimum absolute atomic E-state index is 0.188. The monoisotopic (exact) mass is 344 g/mol. The molecule has 0 fully saturated rings. The fraction of sp³-hybridized carbons (Fsp3) is 0.111. The molecule has 0 aliphatic carbocycles. The van der Waals surface area contributed by atoms with E-state index in [1.54, 1.807) is 42.0 Å². The molecule has 0 bridgehead atoms. The molecule has 3 rings (SSSR count). The van der Waals surface area contributed by atoms with Crippen LogP contribution in [0.15, 0.2) is 48.7 Å². The second-order valence-electron chi connectivity index (χ2n) is 5.31. The highest BCUT2D eigenvalue weighted by Gasteiger charge is 2.19. The Morgan fingerprint density at radius 1 is 1.25 bits per heavy atom. The third-order valence-electron chi connectivity index (χ3n) is 3.70. The Kier molecular flexibility index (Phi) is 4.46. The summed E-state index contributed by atoms with van der Waals surface area (Å²) in [5.74, 6) is -0.471. The van der Waals surface area contributed by atoms with Gasteiger partial charge in [-0.05, 0) is 49.4 Å². The topological polar surface area (TPSA) is 55.1 Å². The van der Waals surface area contributed by atoms with Crippen LogP contribution in [0.4, 0.5) is 4.39 Å². The molecule has 1 heterocycles. The van der Waals surface area contributed by atoms with Gasteiger partial charge < -0.3 is 5.11 Å². The summed E-state index contributed by atoms with van der Waals surface area (Å²) in [5, 5.41) is 9.98. The average molecular weight is 345 g/mol. The van der Waals surface area contributed by atoms with Crippen molar-refractivity contribution in [3.63, 3.8) is 0 Å². The van der Waals surface area contributed by atoms with Crippen molar-refractivity contribution in [3.05, 3.63) is 82.1 Å². The lowest BCUT2D eigenvalue weighted by molar-refractivity contribution is 0.103. The summed E-state index contributed by atoms with van der Waals surface area (Å²) in [7, 11) is 0. The summed E-state index contributed by atoms with van der Waals surface area (Å²) >= 11 is 5.85. The molecule has 0 saturated heterocycles. The van der Waals surface area contributed by atoms with E-state index in [0.29, 0.717) is 22.1 Å². The molecule has 0 aliphatic rings. The Morgan fingerprint density at radius 3 is 2.62 bits per heavy atom. The highest BCUT2D eigenvalue weighted by molar-refractivity contribution is 6.30. The average Bonchev–Trinajstić information content (AvgIpc) is 2.95. The van der Waals surface area contributed by atoms with Crippen LogP contribution in [0, 0.1) is 12.7 Å². The zero-order valence-electron chi connectivity index (χ0n) is 12.8. The van der Waals surface area contributed by atoms with E-state index < -0.39 is 5.82 Å². The van der Waals surface area contributed by atoms with Crippen molar-refractivity contribution in [2.75, 3.05) is 0 Å². The van der Waals surface area contributed by atoms with Crippen molar-refractivity contribution in [3.8, 4) is 5.69 Å². The van der Waals surface area contributed by atoms with Crippen LogP contribution >= 0.6 is 11.6 Å². The van der Waals surface area contributed by atoms with Gasteiger partial charge in [0, 0.05) is 28.0 Å². The van der Waals surface area contributed by atoms with Crippen molar-refractivity contribution in [2.24, 2.45) is 0 Å². The lowest BCUT2D eigenvalue weighted by atomic mass is 10.0. The number of hydrogen-bond acceptors (Lipinski definition) is 3. The number of nitrogens with zero attached hydrogens (tertiary/aromatic N) is 2. The largest absolute Gasteiger partial charge is 0.388 e. The molecule has 1 aromatic heterocycles. The standard InChI is InChI=1S/C18H14ClFN2O2/c1-11-9-21-17(10-23)22(11)16-7-6-14(20)8-15(16)18(24)12-2-4-13(19)5-3-12/h2-9,23H,10H2,1H3. The smallest absolute Gasteiger partial charge is 0.195 e. The molecule has 6 heteroatoms. The quantitative estimate of drug-likeness (QED) is 0.734. The molecule has 0 amide bonds. The maximum absolute atomic E-state index is 13.8. The third kappa shape index (κ3) is 2.96. The fourth-order valence-electron chi connectivity index (χ4n) is 2.57. The summed E-state index contributed by atoms with van der Waals surface area (Å²) in [6, 6.07) is 10.4. The number of aryl methyl sites for hydroxylation is 1. The summed E-state index contributed by atoms with van der Waals surface area (Å²) in [5.41, 5.74) is 1.79. The number of carbonyl (C=O) groups excluding carboxylic acids is 1. The van der Waals surface area contributed by atoms with Gasteiger partial charge in [-0.15, -0.1) is 0 Å². The molecule has 0 radical (unpaired) electrons. The predicted molar refractivity (Wildman–Crippen MR) is 89.1 cm³/mol. The second kappa shape index (κ2) is 6.55. The molecule has 0 saturated carbocycles. The van der Waals surface area contributed by atoms with Gasteiger partial charge in [-0.1, -0.05) is 11.6 Å². The second-order valence-corrected chi connectivity index (χ2v) is 5.74. The van der Waals surface area contributed by atoms with Crippen molar-refractivity contribution < 1.29 is 14.3 Å². The predicted octanol–water partition coefficient (Wildman–Crippen LogP) is 3.70. The van der Waals surface area contributed by atoms with Gasteiger partial charge in [-0.25, -0.2) is 9.37 Å². The lowest BCUT2D eigenvalue weighted by Gasteiger charge is -2.14. The van der Waals surface area contributed by atoms with Crippen LogP contribution in [0.3, 0.4) is 0 Å². The molecular formula is C18H14ClFN2O2. The summed E-state index contributed by atoms with van der Waals surface area (Å²) in [6.45, 7) is 1.51. The van der Waals surface area contributed by atoms with Crippen LogP contribution in [-0.4, -0.2) is 20.4 Å². The van der Waals surface area contributed by atoms with E-state index >= 15 is 0 Å². The summed E-state index contributed by atoms with van der Waals surface area (Å²) in [4.78, 5) is 16.9. The van der Waals surface area contributed by atoms with Crippen molar-refractivity contribution in [1.82, 2.24) is 9.55 Å². The fourth-order valence-corrected chi connectivity index (χ4v) is 2.70. The van der Waals surface area contributed by atoms with E-state index in [9.17, 15) is 14.3 Å². The van der Waals surface area contributed by atoms with Gasteiger partial charge in [0.1, 0.15) is 18.2 Å². The first-order chi connectivity index (χ1) is 11.5. The number of halogens is 2. The summed E-state index contributed by atoms with van der Waals surface area (Å²) < 4.78 is 15.4. The van der Waals surface area contributed by atoms with Crippen LogP contribution in [0.2, 0.25) is 5.02 Å². The Hall–Kier alpha value is -2.50.